The minimum Gasteiger partial charge on any atom is -0.465 e. The fraction of sp³-hybridized carbons (Fsp3) is 0.588. The van der Waals surface area contributed by atoms with Gasteiger partial charge in [-0.1, -0.05) is 0 Å². The summed E-state index contributed by atoms with van der Waals surface area (Å²) < 4.78 is 51.6. The number of hydrogen-bond acceptors (Lipinski definition) is 7. The number of hydrogen-bond donors (Lipinski definition) is 2. The quantitative estimate of drug-likeness (QED) is 0.372. The Hall–Kier alpha value is -2.01. The molecule has 2 rings (SSSR count). The number of carbonyl (C=O) groups is 3. The first-order chi connectivity index (χ1) is 13.6. The minimum absolute atomic E-state index is 0.0785. The maximum atomic E-state index is 14.1. The van der Waals surface area contributed by atoms with E-state index in [1.54, 1.807) is 5.32 Å². The average Bonchev–Trinajstić information content (AvgIpc) is 3.03. The van der Waals surface area contributed by atoms with Crippen LogP contribution in [0.2, 0.25) is 0 Å². The zero-order valence-corrected chi connectivity index (χ0v) is 17.3. The number of ether oxygens (including phenoxy) is 2. The molecule has 1 aromatic heterocycles. The van der Waals surface area contributed by atoms with Crippen LogP contribution in [0.4, 0.5) is 18.2 Å². The number of nitrogens with one attached hydrogen (secondary N) is 2. The van der Waals surface area contributed by atoms with Crippen molar-refractivity contribution < 1.29 is 37.0 Å². The zero-order valence-electron chi connectivity index (χ0n) is 15.7. The van der Waals surface area contributed by atoms with Crippen LogP contribution in [-0.4, -0.2) is 49.3 Å². The molecule has 0 aromatic carbocycles. The van der Waals surface area contributed by atoms with E-state index in [1.807, 2.05) is 0 Å². The van der Waals surface area contributed by atoms with Gasteiger partial charge in [0.15, 0.2) is 0 Å². The van der Waals surface area contributed by atoms with Crippen LogP contribution in [0.25, 0.3) is 0 Å². The monoisotopic (exact) mass is 456 g/mol. The summed E-state index contributed by atoms with van der Waals surface area (Å²) in [4.78, 5) is 37.2. The second-order valence-corrected chi connectivity index (χ2v) is 7.55. The number of halogens is 4. The van der Waals surface area contributed by atoms with Gasteiger partial charge in [-0.2, -0.15) is 13.2 Å². The molecule has 0 saturated carbocycles. The Bertz CT molecular complexity index is 799. The molecule has 0 spiro atoms. The molecule has 1 amide bonds. The number of fused-ring (bicyclic) bond motifs is 1. The van der Waals surface area contributed by atoms with Crippen LogP contribution in [0.3, 0.4) is 0 Å². The molecule has 1 aliphatic carbocycles. The Morgan fingerprint density at radius 3 is 2.41 bits per heavy atom. The Balaban J connectivity index is 2.64. The third-order valence-electron chi connectivity index (χ3n) is 4.32. The molecule has 7 nitrogen and oxygen atoms in total. The second kappa shape index (κ2) is 9.21. The number of esters is 2. The summed E-state index contributed by atoms with van der Waals surface area (Å²) in [5.74, 6) is -4.67. The number of alkyl halides is 4. The first kappa shape index (κ1) is 23.3. The van der Waals surface area contributed by atoms with E-state index < -0.39 is 35.6 Å². The normalized spacial score (nSPS) is 15.7. The molecular weight excluding hydrogens is 437 g/mol. The van der Waals surface area contributed by atoms with Gasteiger partial charge < -0.3 is 20.1 Å². The molecule has 162 valence electrons. The summed E-state index contributed by atoms with van der Waals surface area (Å²) in [5, 5.41) is 3.41. The fourth-order valence-corrected chi connectivity index (χ4v) is 4.41. The summed E-state index contributed by atoms with van der Waals surface area (Å²) >= 11 is 6.26. The molecule has 0 radical (unpaired) electrons. The van der Waals surface area contributed by atoms with Crippen LogP contribution in [0.1, 0.15) is 40.6 Å². The van der Waals surface area contributed by atoms with Crippen LogP contribution in [0.5, 0.6) is 0 Å². The lowest BCUT2D eigenvalue weighted by Crippen LogP contribution is -2.69. The number of amides is 1. The van der Waals surface area contributed by atoms with E-state index in [0.717, 1.165) is 36.2 Å². The smallest absolute Gasteiger partial charge is 0.441 e. The highest BCUT2D eigenvalue weighted by molar-refractivity contribution is 7.16. The van der Waals surface area contributed by atoms with Crippen molar-refractivity contribution in [3.63, 3.8) is 0 Å². The lowest BCUT2D eigenvalue weighted by atomic mass is 9.95. The van der Waals surface area contributed by atoms with Crippen molar-refractivity contribution in [2.24, 2.45) is 0 Å². The SMILES string of the molecule is CCOC(=O)[C@](NC(=O)CCl)(Nc1sc2c(c1C(=O)OC)CCCC2)C(F)(F)F. The molecule has 12 heteroatoms. The van der Waals surface area contributed by atoms with Crippen molar-refractivity contribution in [1.29, 1.82) is 0 Å². The summed E-state index contributed by atoms with van der Waals surface area (Å²) in [6.07, 6.45) is -2.65. The number of rotatable bonds is 7. The van der Waals surface area contributed by atoms with E-state index in [-0.39, 0.29) is 17.2 Å². The molecule has 0 fully saturated rings. The van der Waals surface area contributed by atoms with Crippen molar-refractivity contribution in [3.8, 4) is 0 Å². The van der Waals surface area contributed by atoms with Crippen LogP contribution in [-0.2, 0) is 31.9 Å². The van der Waals surface area contributed by atoms with Crippen LogP contribution in [0, 0.1) is 0 Å². The molecular formula is C17H20ClF3N2O5S. The zero-order chi connectivity index (χ0) is 21.8. The third kappa shape index (κ3) is 4.61. The van der Waals surface area contributed by atoms with Gasteiger partial charge in [0.2, 0.25) is 5.91 Å². The van der Waals surface area contributed by atoms with E-state index in [0.29, 0.717) is 18.4 Å². The average molecular weight is 457 g/mol. The second-order valence-electron chi connectivity index (χ2n) is 6.18. The standard InChI is InChI=1S/C17H20ClF3N2O5S/c1-3-28-15(26)16(17(19,20)21,22-11(24)8-18)23-13-12(14(25)27-2)9-6-4-5-7-10(9)29-13/h23H,3-8H2,1-2H3,(H,22,24)/t16-/m0/s1. The number of thiophene rings is 1. The summed E-state index contributed by atoms with van der Waals surface area (Å²) in [7, 11) is 1.11. The molecule has 0 aliphatic heterocycles. The Morgan fingerprint density at radius 2 is 1.86 bits per heavy atom. The number of carbonyl (C=O) groups excluding carboxylic acids is 3. The van der Waals surface area contributed by atoms with E-state index in [9.17, 15) is 27.6 Å². The highest BCUT2D eigenvalue weighted by Gasteiger charge is 2.64. The van der Waals surface area contributed by atoms with Gasteiger partial charge in [0, 0.05) is 4.88 Å². The number of methoxy groups -OCH3 is 1. The molecule has 29 heavy (non-hydrogen) atoms. The molecule has 1 aliphatic rings. The van der Waals surface area contributed by atoms with Gasteiger partial charge in [0.25, 0.3) is 0 Å². The number of aryl methyl sites for hydroxylation is 1. The Labute approximate surface area is 173 Å². The van der Waals surface area contributed by atoms with E-state index >= 15 is 0 Å². The van der Waals surface area contributed by atoms with Gasteiger partial charge in [-0.05, 0) is 38.2 Å². The van der Waals surface area contributed by atoms with E-state index in [1.165, 1.54) is 6.92 Å². The first-order valence-electron chi connectivity index (χ1n) is 8.73. The largest absolute Gasteiger partial charge is 0.465 e. The van der Waals surface area contributed by atoms with Crippen molar-refractivity contribution in [3.05, 3.63) is 16.0 Å². The van der Waals surface area contributed by atoms with Gasteiger partial charge in [-0.15, -0.1) is 22.9 Å². The van der Waals surface area contributed by atoms with Crippen LogP contribution in [0.15, 0.2) is 0 Å². The number of anilines is 1. The molecule has 1 atom stereocenters. The van der Waals surface area contributed by atoms with Crippen LogP contribution >= 0.6 is 22.9 Å². The van der Waals surface area contributed by atoms with Gasteiger partial charge in [-0.3, -0.25) is 4.79 Å². The van der Waals surface area contributed by atoms with Crippen molar-refractivity contribution in [2.75, 3.05) is 24.9 Å². The summed E-state index contributed by atoms with van der Waals surface area (Å²) in [5.41, 5.74) is -3.12. The molecule has 2 N–H and O–H groups in total. The maximum absolute atomic E-state index is 14.1. The predicted octanol–water partition coefficient (Wildman–Crippen LogP) is 3.00. The fourth-order valence-electron chi connectivity index (χ4n) is 3.01. The lowest BCUT2D eigenvalue weighted by Gasteiger charge is -2.35. The summed E-state index contributed by atoms with van der Waals surface area (Å²) in [6.45, 7) is 0.964. The van der Waals surface area contributed by atoms with Crippen molar-refractivity contribution in [2.45, 2.75) is 44.4 Å². The molecule has 1 aromatic rings. The predicted molar refractivity (Wildman–Crippen MR) is 100 cm³/mol. The topological polar surface area (TPSA) is 93.7 Å². The summed E-state index contributed by atoms with van der Waals surface area (Å²) in [6, 6.07) is 0. The lowest BCUT2D eigenvalue weighted by molar-refractivity contribution is -0.207. The first-order valence-corrected chi connectivity index (χ1v) is 10.1. The molecule has 0 unspecified atom stereocenters. The van der Waals surface area contributed by atoms with E-state index in [2.05, 4.69) is 10.1 Å². The van der Waals surface area contributed by atoms with Gasteiger partial charge in [-0.25, -0.2) is 9.59 Å². The molecule has 0 bridgehead atoms. The minimum atomic E-state index is -5.31. The van der Waals surface area contributed by atoms with Gasteiger partial charge in [0.05, 0.1) is 19.3 Å². The highest BCUT2D eigenvalue weighted by atomic mass is 35.5. The Morgan fingerprint density at radius 1 is 1.21 bits per heavy atom. The van der Waals surface area contributed by atoms with E-state index in [4.69, 9.17) is 16.3 Å². The maximum Gasteiger partial charge on any atom is 0.441 e. The van der Waals surface area contributed by atoms with Gasteiger partial charge in [0.1, 0.15) is 10.9 Å². The third-order valence-corrected chi connectivity index (χ3v) is 5.77. The van der Waals surface area contributed by atoms with Crippen molar-refractivity contribution in [1.82, 2.24) is 5.32 Å². The van der Waals surface area contributed by atoms with Crippen molar-refractivity contribution >= 4 is 45.8 Å². The Kier molecular flexibility index (Phi) is 7.39. The van der Waals surface area contributed by atoms with Crippen LogP contribution < -0.4 is 10.6 Å². The molecule has 0 saturated heterocycles. The molecule has 1 heterocycles. The van der Waals surface area contributed by atoms with Gasteiger partial charge >= 0.3 is 23.8 Å². The highest BCUT2D eigenvalue weighted by Crippen LogP contribution is 2.42.